The van der Waals surface area contributed by atoms with Crippen LogP contribution in [0.5, 0.6) is 0 Å². The lowest BCUT2D eigenvalue weighted by molar-refractivity contribution is 0.0940. The Morgan fingerprint density at radius 3 is 2.93 bits per heavy atom. The van der Waals surface area contributed by atoms with E-state index in [1.54, 1.807) is 24.0 Å². The van der Waals surface area contributed by atoms with Crippen molar-refractivity contribution in [2.75, 3.05) is 20.1 Å². The van der Waals surface area contributed by atoms with Crippen LogP contribution < -0.4 is 10.6 Å². The molecule has 0 atom stereocenters. The number of carbonyl (C=O) groups excluding carboxylic acids is 1. The Kier molecular flexibility index (Phi) is 4.12. The zero-order valence-electron chi connectivity index (χ0n) is 8.58. The number of carbonyl (C=O) groups is 1. The van der Waals surface area contributed by atoms with E-state index in [0.29, 0.717) is 12.4 Å². The van der Waals surface area contributed by atoms with Gasteiger partial charge in [-0.1, -0.05) is 0 Å². The fourth-order valence-corrected chi connectivity index (χ4v) is 1.13. The molecule has 5 heteroatoms. The molecule has 0 spiro atoms. The number of hydrogen-bond acceptors (Lipinski definition) is 3. The summed E-state index contributed by atoms with van der Waals surface area (Å²) in [5, 5.41) is 5.81. The van der Waals surface area contributed by atoms with Crippen LogP contribution in [0.1, 0.15) is 17.0 Å². The average Bonchev–Trinajstić information content (AvgIpc) is 2.59. The summed E-state index contributed by atoms with van der Waals surface area (Å²) < 4.78 is 1.70. The van der Waals surface area contributed by atoms with Crippen molar-refractivity contribution in [2.45, 2.75) is 6.42 Å². The molecule has 1 amide bonds. The number of imidazole rings is 1. The van der Waals surface area contributed by atoms with Crippen LogP contribution in [-0.4, -0.2) is 35.6 Å². The smallest absolute Gasteiger partial charge is 0.287 e. The molecule has 0 aliphatic heterocycles. The fourth-order valence-electron chi connectivity index (χ4n) is 1.13. The monoisotopic (exact) mass is 196 g/mol. The first kappa shape index (κ1) is 10.7. The van der Waals surface area contributed by atoms with Crippen LogP contribution in [0.2, 0.25) is 0 Å². The molecule has 5 nitrogen and oxygen atoms in total. The van der Waals surface area contributed by atoms with Crippen LogP contribution >= 0.6 is 0 Å². The molecule has 1 aromatic heterocycles. The minimum atomic E-state index is -0.117. The Morgan fingerprint density at radius 1 is 1.57 bits per heavy atom. The van der Waals surface area contributed by atoms with Crippen molar-refractivity contribution in [1.82, 2.24) is 20.2 Å². The Morgan fingerprint density at radius 2 is 2.36 bits per heavy atom. The van der Waals surface area contributed by atoms with Crippen molar-refractivity contribution in [3.8, 4) is 0 Å². The van der Waals surface area contributed by atoms with Crippen LogP contribution in [0.3, 0.4) is 0 Å². The largest absolute Gasteiger partial charge is 0.349 e. The Balaban J connectivity index is 2.32. The fraction of sp³-hybridized carbons (Fsp3) is 0.556. The number of nitrogens with zero attached hydrogens (tertiary/aromatic N) is 2. The summed E-state index contributed by atoms with van der Waals surface area (Å²) in [6.07, 6.45) is 4.29. The van der Waals surface area contributed by atoms with Gasteiger partial charge in [0, 0.05) is 26.0 Å². The van der Waals surface area contributed by atoms with Gasteiger partial charge in [-0.25, -0.2) is 4.98 Å². The van der Waals surface area contributed by atoms with Gasteiger partial charge in [0.15, 0.2) is 5.82 Å². The number of rotatable bonds is 5. The topological polar surface area (TPSA) is 58.9 Å². The molecule has 1 heterocycles. The molecule has 14 heavy (non-hydrogen) atoms. The highest BCUT2D eigenvalue weighted by Crippen LogP contribution is 1.93. The van der Waals surface area contributed by atoms with E-state index in [0.717, 1.165) is 13.0 Å². The zero-order chi connectivity index (χ0) is 10.4. The summed E-state index contributed by atoms with van der Waals surface area (Å²) in [5.74, 6) is 0.336. The number of aryl methyl sites for hydroxylation is 1. The third-order valence-corrected chi connectivity index (χ3v) is 1.91. The maximum absolute atomic E-state index is 11.5. The summed E-state index contributed by atoms with van der Waals surface area (Å²) in [7, 11) is 3.69. The second-order valence-corrected chi connectivity index (χ2v) is 3.07. The average molecular weight is 196 g/mol. The normalized spacial score (nSPS) is 10.1. The van der Waals surface area contributed by atoms with Gasteiger partial charge in [-0.2, -0.15) is 0 Å². The zero-order valence-corrected chi connectivity index (χ0v) is 8.58. The van der Waals surface area contributed by atoms with Gasteiger partial charge in [0.1, 0.15) is 0 Å². The highest BCUT2D eigenvalue weighted by Gasteiger charge is 2.08. The van der Waals surface area contributed by atoms with Gasteiger partial charge in [-0.05, 0) is 20.0 Å². The minimum absolute atomic E-state index is 0.117. The highest BCUT2D eigenvalue weighted by atomic mass is 16.2. The van der Waals surface area contributed by atoms with E-state index >= 15 is 0 Å². The van der Waals surface area contributed by atoms with Gasteiger partial charge < -0.3 is 15.2 Å². The van der Waals surface area contributed by atoms with Crippen molar-refractivity contribution in [3.05, 3.63) is 18.2 Å². The molecule has 0 aliphatic rings. The number of hydrogen-bond donors (Lipinski definition) is 2. The first-order valence-electron chi connectivity index (χ1n) is 4.66. The van der Waals surface area contributed by atoms with Crippen LogP contribution in [0.15, 0.2) is 12.4 Å². The van der Waals surface area contributed by atoms with Crippen molar-refractivity contribution in [3.63, 3.8) is 0 Å². The van der Waals surface area contributed by atoms with Crippen LogP contribution in [-0.2, 0) is 7.05 Å². The predicted molar refractivity (Wildman–Crippen MR) is 54.1 cm³/mol. The summed E-state index contributed by atoms with van der Waals surface area (Å²) in [6, 6.07) is 0. The number of aromatic nitrogens is 2. The minimum Gasteiger partial charge on any atom is -0.349 e. The molecular formula is C9H16N4O. The SMILES string of the molecule is CNCCCNC(=O)c1nccn1C. The molecule has 0 aromatic carbocycles. The molecule has 2 N–H and O–H groups in total. The molecule has 0 radical (unpaired) electrons. The standard InChI is InChI=1S/C9H16N4O/c1-10-4-3-5-12-9(14)8-11-6-7-13(8)2/h6-7,10H,3-5H2,1-2H3,(H,12,14). The van der Waals surface area contributed by atoms with E-state index in [2.05, 4.69) is 15.6 Å². The van der Waals surface area contributed by atoms with Gasteiger partial charge in [-0.15, -0.1) is 0 Å². The van der Waals surface area contributed by atoms with E-state index in [1.165, 1.54) is 0 Å². The summed E-state index contributed by atoms with van der Waals surface area (Å²) >= 11 is 0. The molecule has 0 unspecified atom stereocenters. The van der Waals surface area contributed by atoms with Crippen molar-refractivity contribution >= 4 is 5.91 Å². The van der Waals surface area contributed by atoms with Crippen LogP contribution in [0.4, 0.5) is 0 Å². The lowest BCUT2D eigenvalue weighted by atomic mass is 10.4. The first-order chi connectivity index (χ1) is 6.75. The van der Waals surface area contributed by atoms with E-state index in [1.807, 2.05) is 7.05 Å². The molecule has 0 aliphatic carbocycles. The van der Waals surface area contributed by atoms with Gasteiger partial charge >= 0.3 is 0 Å². The maximum Gasteiger partial charge on any atom is 0.287 e. The maximum atomic E-state index is 11.5. The molecule has 0 saturated heterocycles. The molecule has 0 saturated carbocycles. The third-order valence-electron chi connectivity index (χ3n) is 1.91. The van der Waals surface area contributed by atoms with Crippen LogP contribution in [0, 0.1) is 0 Å². The summed E-state index contributed by atoms with van der Waals surface area (Å²) in [5.41, 5.74) is 0. The van der Waals surface area contributed by atoms with Gasteiger partial charge in [0.2, 0.25) is 0 Å². The predicted octanol–water partition coefficient (Wildman–Crippen LogP) is -0.241. The Bertz CT molecular complexity index is 295. The molecule has 1 aromatic rings. The quantitative estimate of drug-likeness (QED) is 0.639. The van der Waals surface area contributed by atoms with Crippen LogP contribution in [0.25, 0.3) is 0 Å². The third kappa shape index (κ3) is 2.85. The lowest BCUT2D eigenvalue weighted by Crippen LogP contribution is -2.28. The Hall–Kier alpha value is -1.36. The lowest BCUT2D eigenvalue weighted by Gasteiger charge is -2.04. The molecule has 0 fully saturated rings. The van der Waals surface area contributed by atoms with Crippen molar-refractivity contribution in [1.29, 1.82) is 0 Å². The van der Waals surface area contributed by atoms with Gasteiger partial charge in [0.05, 0.1) is 0 Å². The van der Waals surface area contributed by atoms with Crippen molar-refractivity contribution < 1.29 is 4.79 Å². The van der Waals surface area contributed by atoms with E-state index in [4.69, 9.17) is 0 Å². The highest BCUT2D eigenvalue weighted by molar-refractivity contribution is 5.90. The van der Waals surface area contributed by atoms with Gasteiger partial charge in [0.25, 0.3) is 5.91 Å². The van der Waals surface area contributed by atoms with Crippen molar-refractivity contribution in [2.24, 2.45) is 7.05 Å². The second-order valence-electron chi connectivity index (χ2n) is 3.07. The number of amides is 1. The van der Waals surface area contributed by atoms with E-state index < -0.39 is 0 Å². The Labute approximate surface area is 83.5 Å². The molecular weight excluding hydrogens is 180 g/mol. The molecule has 78 valence electrons. The first-order valence-corrected chi connectivity index (χ1v) is 4.66. The van der Waals surface area contributed by atoms with E-state index in [-0.39, 0.29) is 5.91 Å². The van der Waals surface area contributed by atoms with E-state index in [9.17, 15) is 4.79 Å². The molecule has 0 bridgehead atoms. The molecule has 1 rings (SSSR count). The second kappa shape index (κ2) is 5.39. The van der Waals surface area contributed by atoms with Gasteiger partial charge in [-0.3, -0.25) is 4.79 Å². The number of nitrogens with one attached hydrogen (secondary N) is 2. The summed E-state index contributed by atoms with van der Waals surface area (Å²) in [4.78, 5) is 15.4. The summed E-state index contributed by atoms with van der Waals surface area (Å²) in [6.45, 7) is 1.58.